The molecular weight excluding hydrogens is 320 g/mol. The number of benzene rings is 2. The Morgan fingerprint density at radius 2 is 1.28 bits per heavy atom. The molecule has 2 rings (SSSR count). The van der Waals surface area contributed by atoms with E-state index in [1.54, 1.807) is 24.3 Å². The number of hydrogen-bond acceptors (Lipinski definition) is 4. The molecule has 0 aliphatic rings. The van der Waals surface area contributed by atoms with Crippen LogP contribution in [0.4, 0.5) is 0 Å². The van der Waals surface area contributed by atoms with Crippen LogP contribution in [0.25, 0.3) is 11.1 Å². The lowest BCUT2D eigenvalue weighted by Crippen LogP contribution is -2.01. The standard InChI is InChI=1S/C20H20O5/c1-25-20(24)17-12-8-15(9-13-17)14-6-10-16(11-7-14)18(21)4-2-3-5-19(22)23/h6-13H,2-5H2,1H3,(H,22,23). The Bertz CT molecular complexity index is 745. The SMILES string of the molecule is COC(=O)c1ccc(-c2ccc(C(=O)CCCCC(=O)O)cc2)cc1. The highest BCUT2D eigenvalue weighted by atomic mass is 16.5. The van der Waals surface area contributed by atoms with Crippen LogP contribution >= 0.6 is 0 Å². The quantitative estimate of drug-likeness (QED) is 0.447. The van der Waals surface area contributed by atoms with Gasteiger partial charge >= 0.3 is 11.9 Å². The highest BCUT2D eigenvalue weighted by Gasteiger charge is 2.08. The number of hydrogen-bond donors (Lipinski definition) is 1. The number of carbonyl (C=O) groups is 3. The molecule has 2 aromatic rings. The maximum atomic E-state index is 12.1. The first kappa shape index (κ1) is 18.4. The fourth-order valence-electron chi connectivity index (χ4n) is 2.47. The molecule has 0 fully saturated rings. The molecule has 0 spiro atoms. The van der Waals surface area contributed by atoms with Gasteiger partial charge in [0, 0.05) is 18.4 Å². The molecule has 0 atom stereocenters. The highest BCUT2D eigenvalue weighted by molar-refractivity contribution is 5.96. The second-order valence-corrected chi connectivity index (χ2v) is 5.67. The van der Waals surface area contributed by atoms with Gasteiger partial charge in [-0.2, -0.15) is 0 Å². The number of ether oxygens (including phenoxy) is 1. The van der Waals surface area contributed by atoms with Crippen LogP contribution in [0.3, 0.4) is 0 Å². The third kappa shape index (κ3) is 5.28. The van der Waals surface area contributed by atoms with E-state index >= 15 is 0 Å². The van der Waals surface area contributed by atoms with Gasteiger partial charge in [-0.05, 0) is 36.1 Å². The molecule has 0 amide bonds. The van der Waals surface area contributed by atoms with E-state index in [1.807, 2.05) is 24.3 Å². The number of unbranched alkanes of at least 4 members (excludes halogenated alkanes) is 1. The van der Waals surface area contributed by atoms with Crippen molar-refractivity contribution >= 4 is 17.7 Å². The van der Waals surface area contributed by atoms with Crippen molar-refractivity contribution in [1.82, 2.24) is 0 Å². The first-order chi connectivity index (χ1) is 12.0. The smallest absolute Gasteiger partial charge is 0.337 e. The fourth-order valence-corrected chi connectivity index (χ4v) is 2.47. The zero-order valence-corrected chi connectivity index (χ0v) is 14.0. The number of rotatable bonds is 8. The number of ketones is 1. The van der Waals surface area contributed by atoms with Gasteiger partial charge in [-0.3, -0.25) is 9.59 Å². The summed E-state index contributed by atoms with van der Waals surface area (Å²) < 4.78 is 4.67. The molecule has 0 bridgehead atoms. The van der Waals surface area contributed by atoms with Gasteiger partial charge in [0.2, 0.25) is 0 Å². The Morgan fingerprint density at radius 1 is 0.800 bits per heavy atom. The maximum absolute atomic E-state index is 12.1. The number of Topliss-reactive ketones (excluding diaryl/α,β-unsaturated/α-hetero) is 1. The molecule has 0 aliphatic carbocycles. The summed E-state index contributed by atoms with van der Waals surface area (Å²) in [5.74, 6) is -1.21. The summed E-state index contributed by atoms with van der Waals surface area (Å²) in [5, 5.41) is 8.59. The Kier molecular flexibility index (Phi) is 6.46. The number of aliphatic carboxylic acids is 1. The van der Waals surface area contributed by atoms with Crippen molar-refractivity contribution in [1.29, 1.82) is 0 Å². The van der Waals surface area contributed by atoms with Crippen molar-refractivity contribution in [3.63, 3.8) is 0 Å². The lowest BCUT2D eigenvalue weighted by molar-refractivity contribution is -0.137. The zero-order chi connectivity index (χ0) is 18.2. The third-order valence-electron chi connectivity index (χ3n) is 3.89. The molecule has 0 aliphatic heterocycles. The summed E-state index contributed by atoms with van der Waals surface area (Å²) >= 11 is 0. The Hall–Kier alpha value is -2.95. The fraction of sp³-hybridized carbons (Fsp3) is 0.250. The second-order valence-electron chi connectivity index (χ2n) is 5.67. The minimum Gasteiger partial charge on any atom is -0.481 e. The van der Waals surface area contributed by atoms with Crippen LogP contribution in [-0.4, -0.2) is 29.9 Å². The van der Waals surface area contributed by atoms with E-state index < -0.39 is 5.97 Å². The largest absolute Gasteiger partial charge is 0.481 e. The molecule has 130 valence electrons. The van der Waals surface area contributed by atoms with Gasteiger partial charge in [-0.1, -0.05) is 36.4 Å². The molecule has 0 unspecified atom stereocenters. The summed E-state index contributed by atoms with van der Waals surface area (Å²) in [6.07, 6.45) is 1.52. The summed E-state index contributed by atoms with van der Waals surface area (Å²) in [7, 11) is 1.34. The van der Waals surface area contributed by atoms with E-state index in [9.17, 15) is 14.4 Å². The molecule has 5 heteroatoms. The van der Waals surface area contributed by atoms with Crippen molar-refractivity contribution < 1.29 is 24.2 Å². The molecule has 1 N–H and O–H groups in total. The molecular formula is C20H20O5. The van der Waals surface area contributed by atoms with Gasteiger partial charge < -0.3 is 9.84 Å². The number of carbonyl (C=O) groups excluding carboxylic acids is 2. The van der Waals surface area contributed by atoms with E-state index in [4.69, 9.17) is 5.11 Å². The summed E-state index contributed by atoms with van der Waals surface area (Å²) in [4.78, 5) is 34.0. The molecule has 25 heavy (non-hydrogen) atoms. The minimum absolute atomic E-state index is 0.0120. The average Bonchev–Trinajstić information content (AvgIpc) is 2.64. The number of esters is 1. The predicted molar refractivity (Wildman–Crippen MR) is 93.7 cm³/mol. The van der Waals surface area contributed by atoms with Crippen LogP contribution in [-0.2, 0) is 9.53 Å². The van der Waals surface area contributed by atoms with Gasteiger partial charge in [-0.25, -0.2) is 4.79 Å². The first-order valence-corrected chi connectivity index (χ1v) is 8.05. The molecule has 0 radical (unpaired) electrons. The molecule has 5 nitrogen and oxygen atoms in total. The Labute approximate surface area is 146 Å². The lowest BCUT2D eigenvalue weighted by atomic mass is 9.99. The molecule has 2 aromatic carbocycles. The first-order valence-electron chi connectivity index (χ1n) is 8.05. The van der Waals surface area contributed by atoms with Crippen LogP contribution in [0.1, 0.15) is 46.4 Å². The molecule has 0 saturated heterocycles. The van der Waals surface area contributed by atoms with E-state index in [0.717, 1.165) is 11.1 Å². The summed E-state index contributed by atoms with van der Waals surface area (Å²) in [6, 6.07) is 14.3. The number of methoxy groups -OCH3 is 1. The number of carboxylic acid groups (broad SMARTS) is 1. The van der Waals surface area contributed by atoms with Crippen molar-refractivity contribution in [2.75, 3.05) is 7.11 Å². The van der Waals surface area contributed by atoms with Crippen LogP contribution in [0.2, 0.25) is 0 Å². The van der Waals surface area contributed by atoms with E-state index in [1.165, 1.54) is 7.11 Å². The van der Waals surface area contributed by atoms with Gasteiger partial charge in [0.15, 0.2) is 5.78 Å². The molecule has 0 saturated carbocycles. The van der Waals surface area contributed by atoms with Gasteiger partial charge in [0.25, 0.3) is 0 Å². The zero-order valence-electron chi connectivity index (χ0n) is 14.0. The second kappa shape index (κ2) is 8.78. The summed E-state index contributed by atoms with van der Waals surface area (Å²) in [5.41, 5.74) is 2.98. The Morgan fingerprint density at radius 3 is 1.76 bits per heavy atom. The Balaban J connectivity index is 1.98. The van der Waals surface area contributed by atoms with Crippen LogP contribution < -0.4 is 0 Å². The lowest BCUT2D eigenvalue weighted by Gasteiger charge is -2.05. The van der Waals surface area contributed by atoms with Crippen molar-refractivity contribution in [3.05, 3.63) is 59.7 Å². The topological polar surface area (TPSA) is 80.7 Å². The van der Waals surface area contributed by atoms with Gasteiger partial charge in [0.05, 0.1) is 12.7 Å². The number of carboxylic acids is 1. The summed E-state index contributed by atoms with van der Waals surface area (Å²) in [6.45, 7) is 0. The van der Waals surface area contributed by atoms with Crippen LogP contribution in [0.15, 0.2) is 48.5 Å². The molecule has 0 heterocycles. The van der Waals surface area contributed by atoms with Crippen molar-refractivity contribution in [2.24, 2.45) is 0 Å². The van der Waals surface area contributed by atoms with Gasteiger partial charge in [-0.15, -0.1) is 0 Å². The monoisotopic (exact) mass is 340 g/mol. The maximum Gasteiger partial charge on any atom is 0.337 e. The normalized spacial score (nSPS) is 10.3. The third-order valence-corrected chi connectivity index (χ3v) is 3.89. The van der Waals surface area contributed by atoms with Crippen molar-refractivity contribution in [2.45, 2.75) is 25.7 Å². The minimum atomic E-state index is -0.838. The van der Waals surface area contributed by atoms with E-state index in [-0.39, 0.29) is 18.2 Å². The van der Waals surface area contributed by atoms with E-state index in [0.29, 0.717) is 30.4 Å². The van der Waals surface area contributed by atoms with Crippen LogP contribution in [0, 0.1) is 0 Å². The van der Waals surface area contributed by atoms with Crippen LogP contribution in [0.5, 0.6) is 0 Å². The molecule has 0 aromatic heterocycles. The average molecular weight is 340 g/mol. The highest BCUT2D eigenvalue weighted by Crippen LogP contribution is 2.21. The van der Waals surface area contributed by atoms with Crippen molar-refractivity contribution in [3.8, 4) is 11.1 Å². The van der Waals surface area contributed by atoms with E-state index in [2.05, 4.69) is 4.74 Å². The predicted octanol–water partition coefficient (Wildman–Crippen LogP) is 3.97. The van der Waals surface area contributed by atoms with Gasteiger partial charge in [0.1, 0.15) is 0 Å².